The molecule has 2 rings (SSSR count). The minimum absolute atomic E-state index is 0.204. The number of aliphatic hydroxyl groups is 1. The van der Waals surface area contributed by atoms with Gasteiger partial charge in [0.05, 0.1) is 6.10 Å². The summed E-state index contributed by atoms with van der Waals surface area (Å²) in [6.07, 6.45) is 6.54. The Morgan fingerprint density at radius 1 is 1.12 bits per heavy atom. The van der Waals surface area contributed by atoms with E-state index in [1.54, 1.807) is 0 Å². The second-order valence-corrected chi connectivity index (χ2v) is 5.52. The molecule has 0 bridgehead atoms. The number of rotatable bonds is 3. The van der Waals surface area contributed by atoms with Crippen LogP contribution in [0.25, 0.3) is 0 Å². The Morgan fingerprint density at radius 2 is 1.82 bits per heavy atom. The van der Waals surface area contributed by atoms with Crippen molar-refractivity contribution < 1.29 is 5.11 Å². The number of hydrogen-bond acceptors (Lipinski definition) is 1. The molecule has 0 amide bonds. The minimum Gasteiger partial charge on any atom is -0.388 e. The third kappa shape index (κ3) is 2.61. The maximum absolute atomic E-state index is 10.6. The molecule has 0 fully saturated rings. The molecule has 92 valence electrons. The summed E-state index contributed by atoms with van der Waals surface area (Å²) in [5.41, 5.74) is 2.23. The van der Waals surface area contributed by atoms with Crippen LogP contribution in [0.1, 0.15) is 45.1 Å². The van der Waals surface area contributed by atoms with E-state index < -0.39 is 0 Å². The van der Waals surface area contributed by atoms with Crippen LogP contribution in [0.5, 0.6) is 0 Å². The van der Waals surface area contributed by atoms with Crippen LogP contribution in [0.15, 0.2) is 42.0 Å². The third-order valence-electron chi connectivity index (χ3n) is 3.88. The Labute approximate surface area is 104 Å². The van der Waals surface area contributed by atoms with Crippen molar-refractivity contribution in [1.29, 1.82) is 0 Å². The van der Waals surface area contributed by atoms with E-state index in [1.165, 1.54) is 24.0 Å². The first-order valence-electron chi connectivity index (χ1n) is 6.55. The van der Waals surface area contributed by atoms with Gasteiger partial charge in [0.2, 0.25) is 0 Å². The first-order valence-corrected chi connectivity index (χ1v) is 6.55. The summed E-state index contributed by atoms with van der Waals surface area (Å²) in [5.74, 6) is 0. The summed E-state index contributed by atoms with van der Waals surface area (Å²) in [6.45, 7) is 4.25. The maximum Gasteiger partial charge on any atom is 0.0841 e. The molecule has 0 saturated carbocycles. The van der Waals surface area contributed by atoms with Gasteiger partial charge in [-0.05, 0) is 36.8 Å². The van der Waals surface area contributed by atoms with Crippen molar-refractivity contribution in [3.05, 3.63) is 47.5 Å². The Balaban J connectivity index is 2.23. The van der Waals surface area contributed by atoms with Gasteiger partial charge in [-0.15, -0.1) is 0 Å². The van der Waals surface area contributed by atoms with E-state index in [1.807, 2.05) is 18.2 Å². The average Bonchev–Trinajstić information content (AvgIpc) is 2.40. The first-order chi connectivity index (χ1) is 8.12. The van der Waals surface area contributed by atoms with Gasteiger partial charge in [-0.3, -0.25) is 0 Å². The quantitative estimate of drug-likeness (QED) is 0.782. The molecule has 1 heteroatoms. The zero-order valence-electron chi connectivity index (χ0n) is 10.8. The van der Waals surface area contributed by atoms with Crippen LogP contribution in [0, 0.1) is 0 Å². The van der Waals surface area contributed by atoms with Crippen LogP contribution in [0.3, 0.4) is 0 Å². The topological polar surface area (TPSA) is 20.2 Å². The molecule has 0 aromatic heterocycles. The molecule has 1 nitrogen and oxygen atoms in total. The molecule has 1 unspecified atom stereocenters. The predicted octanol–water partition coefficient (Wildman–Crippen LogP) is 3.83. The predicted molar refractivity (Wildman–Crippen MR) is 72.0 cm³/mol. The highest BCUT2D eigenvalue weighted by Gasteiger charge is 2.32. The standard InChI is InChI=1S/C16H22O/c1-16(2,14-11-7-4-8-12-14)15(17)13-9-5-3-6-10-13/h4,7-9,11-12,15,17H,3,5-6,10H2,1-2H3. The van der Waals surface area contributed by atoms with Crippen molar-refractivity contribution in [2.24, 2.45) is 0 Å². The van der Waals surface area contributed by atoms with Crippen molar-refractivity contribution in [3.63, 3.8) is 0 Å². The zero-order valence-corrected chi connectivity index (χ0v) is 10.8. The van der Waals surface area contributed by atoms with E-state index in [2.05, 4.69) is 32.1 Å². The van der Waals surface area contributed by atoms with Crippen molar-refractivity contribution in [1.82, 2.24) is 0 Å². The summed E-state index contributed by atoms with van der Waals surface area (Å²) in [6, 6.07) is 10.3. The largest absolute Gasteiger partial charge is 0.388 e. The minimum atomic E-state index is -0.356. The van der Waals surface area contributed by atoms with Gasteiger partial charge in [-0.25, -0.2) is 0 Å². The molecule has 0 radical (unpaired) electrons. The van der Waals surface area contributed by atoms with Gasteiger partial charge in [0, 0.05) is 5.41 Å². The number of hydrogen-bond donors (Lipinski definition) is 1. The highest BCUT2D eigenvalue weighted by molar-refractivity contribution is 5.30. The fourth-order valence-corrected chi connectivity index (χ4v) is 2.60. The lowest BCUT2D eigenvalue weighted by Crippen LogP contribution is -2.35. The highest BCUT2D eigenvalue weighted by Crippen LogP contribution is 2.34. The van der Waals surface area contributed by atoms with Gasteiger partial charge in [0.25, 0.3) is 0 Å². The molecule has 0 saturated heterocycles. The van der Waals surface area contributed by atoms with Crippen LogP contribution in [0.2, 0.25) is 0 Å². The Hall–Kier alpha value is -1.08. The average molecular weight is 230 g/mol. The molecule has 1 aromatic carbocycles. The van der Waals surface area contributed by atoms with Gasteiger partial charge in [-0.1, -0.05) is 50.3 Å². The molecule has 1 N–H and O–H groups in total. The fourth-order valence-electron chi connectivity index (χ4n) is 2.60. The first kappa shape index (κ1) is 12.4. The van der Waals surface area contributed by atoms with Crippen LogP contribution >= 0.6 is 0 Å². The smallest absolute Gasteiger partial charge is 0.0841 e. The summed E-state index contributed by atoms with van der Waals surface area (Å²) in [5, 5.41) is 10.6. The normalized spacial score (nSPS) is 18.6. The molecule has 1 aliphatic carbocycles. The Bertz CT molecular complexity index is 389. The number of aliphatic hydroxyl groups excluding tert-OH is 1. The second-order valence-electron chi connectivity index (χ2n) is 5.52. The summed E-state index contributed by atoms with van der Waals surface area (Å²) in [4.78, 5) is 0. The van der Waals surface area contributed by atoms with E-state index >= 15 is 0 Å². The monoisotopic (exact) mass is 230 g/mol. The van der Waals surface area contributed by atoms with E-state index in [4.69, 9.17) is 0 Å². The van der Waals surface area contributed by atoms with E-state index in [-0.39, 0.29) is 11.5 Å². The van der Waals surface area contributed by atoms with Crippen molar-refractivity contribution in [3.8, 4) is 0 Å². The molecule has 0 heterocycles. The lowest BCUT2D eigenvalue weighted by Gasteiger charge is -2.34. The second kappa shape index (κ2) is 5.05. The van der Waals surface area contributed by atoms with Crippen LogP contribution < -0.4 is 0 Å². The lowest BCUT2D eigenvalue weighted by atomic mass is 9.74. The molecule has 0 spiro atoms. The Morgan fingerprint density at radius 3 is 2.41 bits per heavy atom. The molecule has 1 aliphatic rings. The van der Waals surface area contributed by atoms with Crippen LogP contribution in [-0.4, -0.2) is 11.2 Å². The number of benzene rings is 1. The fraction of sp³-hybridized carbons (Fsp3) is 0.500. The van der Waals surface area contributed by atoms with Gasteiger partial charge in [0.15, 0.2) is 0 Å². The Kier molecular flexibility index (Phi) is 3.68. The summed E-state index contributed by atoms with van der Waals surface area (Å²) >= 11 is 0. The molecule has 1 atom stereocenters. The van der Waals surface area contributed by atoms with Crippen LogP contribution in [0.4, 0.5) is 0 Å². The van der Waals surface area contributed by atoms with Crippen molar-refractivity contribution in [2.45, 2.75) is 51.0 Å². The van der Waals surface area contributed by atoms with E-state index in [0.717, 1.165) is 12.8 Å². The summed E-state index contributed by atoms with van der Waals surface area (Å²) in [7, 11) is 0. The third-order valence-corrected chi connectivity index (χ3v) is 3.88. The lowest BCUT2D eigenvalue weighted by molar-refractivity contribution is 0.128. The SMILES string of the molecule is CC(C)(c1ccccc1)C(O)C1=CCCCC1. The van der Waals surface area contributed by atoms with Gasteiger partial charge in [-0.2, -0.15) is 0 Å². The van der Waals surface area contributed by atoms with E-state index in [0.29, 0.717) is 0 Å². The van der Waals surface area contributed by atoms with E-state index in [9.17, 15) is 5.11 Å². The van der Waals surface area contributed by atoms with Gasteiger partial charge < -0.3 is 5.11 Å². The molecular weight excluding hydrogens is 208 g/mol. The maximum atomic E-state index is 10.6. The van der Waals surface area contributed by atoms with Crippen molar-refractivity contribution in [2.75, 3.05) is 0 Å². The molecule has 1 aromatic rings. The summed E-state index contributed by atoms with van der Waals surface area (Å²) < 4.78 is 0. The van der Waals surface area contributed by atoms with Crippen molar-refractivity contribution >= 4 is 0 Å². The number of allylic oxidation sites excluding steroid dienone is 1. The highest BCUT2D eigenvalue weighted by atomic mass is 16.3. The van der Waals surface area contributed by atoms with Crippen LogP contribution in [-0.2, 0) is 5.41 Å². The van der Waals surface area contributed by atoms with Gasteiger partial charge in [0.1, 0.15) is 0 Å². The molecule has 0 aliphatic heterocycles. The molecule has 17 heavy (non-hydrogen) atoms. The zero-order chi connectivity index (χ0) is 12.3. The molecular formula is C16H22O. The van der Waals surface area contributed by atoms with Gasteiger partial charge >= 0.3 is 0 Å².